The number of phenolic OH excluding ortho intramolecular Hbond substituents is 1. The summed E-state index contributed by atoms with van der Waals surface area (Å²) in [5, 5.41) is 13.9. The monoisotopic (exact) mass is 437 g/mol. The number of ketones is 1. The van der Waals surface area contributed by atoms with Crippen molar-refractivity contribution in [1.82, 2.24) is 14.8 Å². The number of benzene rings is 1. The van der Waals surface area contributed by atoms with Gasteiger partial charge in [0.2, 0.25) is 0 Å². The highest BCUT2D eigenvalue weighted by Gasteiger charge is 2.30. The molecule has 0 aliphatic heterocycles. The number of carbonyl (C=O) groups excluding carboxylic acids is 1. The van der Waals surface area contributed by atoms with Crippen LogP contribution in [0.4, 0.5) is 13.2 Å². The van der Waals surface area contributed by atoms with Gasteiger partial charge in [-0.3, -0.25) is 4.79 Å². The van der Waals surface area contributed by atoms with Crippen LogP contribution in [0, 0.1) is 6.92 Å². The Labute approximate surface area is 174 Å². The molecule has 0 amide bonds. The molecule has 0 radical (unpaired) electrons. The third-order valence-corrected chi connectivity index (χ3v) is 4.55. The summed E-state index contributed by atoms with van der Waals surface area (Å²) in [4.78, 5) is 16.3. The molecule has 2 aromatic heterocycles. The molecule has 0 unspecified atom stereocenters. The Bertz CT molecular complexity index is 1120. The zero-order chi connectivity index (χ0) is 22.1. The molecular weight excluding hydrogens is 423 g/mol. The minimum Gasteiger partial charge on any atom is -0.503 e. The van der Waals surface area contributed by atoms with Gasteiger partial charge in [0.15, 0.2) is 23.1 Å². The first-order valence-corrected chi connectivity index (χ1v) is 8.86. The molecule has 3 aromatic rings. The van der Waals surface area contributed by atoms with Crippen molar-refractivity contribution in [3.05, 3.63) is 70.1 Å². The van der Waals surface area contributed by atoms with Gasteiger partial charge in [-0.05, 0) is 42.8 Å². The Morgan fingerprint density at radius 2 is 2.00 bits per heavy atom. The molecule has 0 spiro atoms. The van der Waals surface area contributed by atoms with Crippen LogP contribution in [-0.2, 0) is 6.18 Å². The largest absolute Gasteiger partial charge is 0.503 e. The van der Waals surface area contributed by atoms with Gasteiger partial charge in [-0.2, -0.15) is 18.3 Å². The van der Waals surface area contributed by atoms with Gasteiger partial charge in [0.1, 0.15) is 0 Å². The molecule has 3 rings (SSSR count). The number of halogens is 4. The van der Waals surface area contributed by atoms with E-state index in [1.165, 1.54) is 48.3 Å². The molecule has 156 valence electrons. The number of aromatic hydroxyl groups is 1. The minimum absolute atomic E-state index is 0.0684. The number of aromatic nitrogens is 3. The van der Waals surface area contributed by atoms with Crippen LogP contribution in [0.5, 0.6) is 11.5 Å². The second-order valence-electron chi connectivity index (χ2n) is 6.21. The van der Waals surface area contributed by atoms with Gasteiger partial charge in [0, 0.05) is 6.20 Å². The third kappa shape index (κ3) is 4.30. The van der Waals surface area contributed by atoms with Crippen LogP contribution in [0.3, 0.4) is 0 Å². The fourth-order valence-electron chi connectivity index (χ4n) is 2.67. The van der Waals surface area contributed by atoms with E-state index in [-0.39, 0.29) is 33.7 Å². The molecule has 0 fully saturated rings. The number of allylic oxidation sites excluding steroid dienone is 1. The summed E-state index contributed by atoms with van der Waals surface area (Å²) in [7, 11) is 1.37. The first-order valence-electron chi connectivity index (χ1n) is 8.49. The van der Waals surface area contributed by atoms with Crippen LogP contribution in [0.1, 0.15) is 27.2 Å². The summed E-state index contributed by atoms with van der Waals surface area (Å²) in [6, 6.07) is 5.05. The molecule has 0 aliphatic carbocycles. The molecule has 0 atom stereocenters. The number of rotatable bonds is 5. The number of pyridine rings is 1. The van der Waals surface area contributed by atoms with Crippen LogP contribution >= 0.6 is 11.6 Å². The predicted octanol–water partition coefficient (Wildman–Crippen LogP) is 4.86. The molecule has 0 saturated carbocycles. The van der Waals surface area contributed by atoms with Crippen LogP contribution in [-0.4, -0.2) is 32.8 Å². The zero-order valence-corrected chi connectivity index (χ0v) is 16.5. The number of nitrogens with zero attached hydrogens (tertiary/aromatic N) is 3. The Balaban J connectivity index is 1.84. The van der Waals surface area contributed by atoms with E-state index in [0.717, 1.165) is 6.07 Å². The highest BCUT2D eigenvalue weighted by Crippen LogP contribution is 2.35. The number of ether oxygens (including phenoxy) is 1. The molecule has 1 aromatic carbocycles. The first kappa shape index (κ1) is 21.4. The number of alkyl halides is 3. The fourth-order valence-corrected chi connectivity index (χ4v) is 2.89. The first-order chi connectivity index (χ1) is 14.1. The van der Waals surface area contributed by atoms with Crippen molar-refractivity contribution in [2.24, 2.45) is 0 Å². The van der Waals surface area contributed by atoms with Crippen molar-refractivity contribution < 1.29 is 27.8 Å². The van der Waals surface area contributed by atoms with Gasteiger partial charge in [-0.25, -0.2) is 9.67 Å². The second-order valence-corrected chi connectivity index (χ2v) is 6.62. The van der Waals surface area contributed by atoms with E-state index in [1.54, 1.807) is 6.92 Å². The average molecular weight is 438 g/mol. The molecule has 1 N–H and O–H groups in total. The Hall–Kier alpha value is -3.33. The standard InChI is InChI=1S/C20H15ClF3N3O3/c1-11-14(10-26-27(11)18-6-4-13(9-25-18)20(22,23)24)16(28)5-3-12-7-15(21)19(29)17(8-12)30-2/h3-10,29H,1-2H3/b5-3+. The number of methoxy groups -OCH3 is 1. The lowest BCUT2D eigenvalue weighted by Gasteiger charge is -2.08. The number of hydrogen-bond donors (Lipinski definition) is 1. The van der Waals surface area contributed by atoms with Gasteiger partial charge >= 0.3 is 6.18 Å². The average Bonchev–Trinajstić information content (AvgIpc) is 3.09. The maximum atomic E-state index is 12.7. The van der Waals surface area contributed by atoms with Crippen molar-refractivity contribution >= 4 is 23.5 Å². The van der Waals surface area contributed by atoms with Crippen molar-refractivity contribution in [3.63, 3.8) is 0 Å². The maximum absolute atomic E-state index is 12.7. The summed E-state index contributed by atoms with van der Waals surface area (Å²) >= 11 is 5.93. The minimum atomic E-state index is -4.49. The lowest BCUT2D eigenvalue weighted by atomic mass is 10.1. The van der Waals surface area contributed by atoms with Gasteiger partial charge in [-0.1, -0.05) is 17.7 Å². The number of phenols is 1. The molecule has 10 heteroatoms. The van der Waals surface area contributed by atoms with Crippen molar-refractivity contribution in [1.29, 1.82) is 0 Å². The number of carbonyl (C=O) groups is 1. The summed E-state index contributed by atoms with van der Waals surface area (Å²) < 4.78 is 44.4. The van der Waals surface area contributed by atoms with Gasteiger partial charge < -0.3 is 9.84 Å². The van der Waals surface area contributed by atoms with E-state index >= 15 is 0 Å². The zero-order valence-electron chi connectivity index (χ0n) is 15.7. The van der Waals surface area contributed by atoms with E-state index in [4.69, 9.17) is 16.3 Å². The number of hydrogen-bond acceptors (Lipinski definition) is 5. The van der Waals surface area contributed by atoms with E-state index in [9.17, 15) is 23.1 Å². The van der Waals surface area contributed by atoms with Crippen molar-refractivity contribution in [3.8, 4) is 17.3 Å². The van der Waals surface area contributed by atoms with Crippen LogP contribution < -0.4 is 4.74 Å². The summed E-state index contributed by atoms with van der Waals surface area (Å²) in [5.41, 5.74) is 0.318. The lowest BCUT2D eigenvalue weighted by molar-refractivity contribution is -0.137. The lowest BCUT2D eigenvalue weighted by Crippen LogP contribution is -2.08. The molecule has 0 aliphatic rings. The fraction of sp³-hybridized carbons (Fsp3) is 0.150. The Kier molecular flexibility index (Phi) is 5.84. The maximum Gasteiger partial charge on any atom is 0.417 e. The van der Waals surface area contributed by atoms with Gasteiger partial charge in [0.25, 0.3) is 0 Å². The van der Waals surface area contributed by atoms with Crippen LogP contribution in [0.2, 0.25) is 5.02 Å². The summed E-state index contributed by atoms with van der Waals surface area (Å²) in [6.07, 6.45) is 0.308. The Morgan fingerprint density at radius 3 is 2.60 bits per heavy atom. The molecular formula is C20H15ClF3N3O3. The van der Waals surface area contributed by atoms with Crippen molar-refractivity contribution in [2.75, 3.05) is 7.11 Å². The van der Waals surface area contributed by atoms with Crippen LogP contribution in [0.15, 0.2) is 42.7 Å². The molecule has 30 heavy (non-hydrogen) atoms. The molecule has 2 heterocycles. The van der Waals surface area contributed by atoms with Crippen molar-refractivity contribution in [2.45, 2.75) is 13.1 Å². The summed E-state index contributed by atoms with van der Waals surface area (Å²) in [5.74, 6) is -0.275. The SMILES string of the molecule is COc1cc(/C=C/C(=O)c2cnn(-c3ccc(C(F)(F)F)cn3)c2C)cc(Cl)c1O. The highest BCUT2D eigenvalue weighted by atomic mass is 35.5. The topological polar surface area (TPSA) is 77.2 Å². The van der Waals surface area contributed by atoms with E-state index in [0.29, 0.717) is 17.5 Å². The van der Waals surface area contributed by atoms with Gasteiger partial charge in [-0.15, -0.1) is 0 Å². The molecule has 0 bridgehead atoms. The van der Waals surface area contributed by atoms with E-state index < -0.39 is 11.7 Å². The Morgan fingerprint density at radius 1 is 1.27 bits per heavy atom. The third-order valence-electron chi connectivity index (χ3n) is 4.27. The van der Waals surface area contributed by atoms with E-state index in [2.05, 4.69) is 10.1 Å². The normalized spacial score (nSPS) is 11.8. The molecule has 0 saturated heterocycles. The summed E-state index contributed by atoms with van der Waals surface area (Å²) in [6.45, 7) is 1.61. The quantitative estimate of drug-likeness (QED) is 0.455. The molecule has 6 nitrogen and oxygen atoms in total. The van der Waals surface area contributed by atoms with Gasteiger partial charge in [0.05, 0.1) is 35.2 Å². The second kappa shape index (κ2) is 8.19. The predicted molar refractivity (Wildman–Crippen MR) is 104 cm³/mol. The van der Waals surface area contributed by atoms with Crippen LogP contribution in [0.25, 0.3) is 11.9 Å². The smallest absolute Gasteiger partial charge is 0.417 e. The highest BCUT2D eigenvalue weighted by molar-refractivity contribution is 6.32. The van der Waals surface area contributed by atoms with E-state index in [1.807, 2.05) is 0 Å².